The number of fused-ring (bicyclic) bond motifs is 1. The van der Waals surface area contributed by atoms with E-state index in [0.29, 0.717) is 17.4 Å². The number of hydrogen-bond acceptors (Lipinski definition) is 4. The van der Waals surface area contributed by atoms with E-state index in [2.05, 4.69) is 4.98 Å². The fraction of sp³-hybridized carbons (Fsp3) is 0.0714. The molecule has 0 saturated carbocycles. The average Bonchev–Trinajstić information content (AvgIpc) is 2.45. The molecule has 0 aliphatic carbocycles. The summed E-state index contributed by atoms with van der Waals surface area (Å²) in [6, 6.07) is 10.5. The molecule has 0 atom stereocenters. The van der Waals surface area contributed by atoms with Crippen LogP contribution in [0.4, 0.5) is 0 Å². The summed E-state index contributed by atoms with van der Waals surface area (Å²) in [4.78, 5) is 27.4. The molecule has 0 aliphatic heterocycles. The molecule has 3 aromatic rings. The Morgan fingerprint density at radius 3 is 2.74 bits per heavy atom. The van der Waals surface area contributed by atoms with E-state index in [9.17, 15) is 9.59 Å². The molecule has 0 amide bonds. The van der Waals surface area contributed by atoms with Crippen molar-refractivity contribution in [2.24, 2.45) is 0 Å². The highest BCUT2D eigenvalue weighted by atomic mass is 16.4. The van der Waals surface area contributed by atoms with Gasteiger partial charge in [0, 0.05) is 12.4 Å². The molecular formula is C14H10N2O3. The second-order valence-electron chi connectivity index (χ2n) is 4.12. The van der Waals surface area contributed by atoms with Crippen LogP contribution >= 0.6 is 0 Å². The zero-order valence-electron chi connectivity index (χ0n) is 9.95. The van der Waals surface area contributed by atoms with Gasteiger partial charge >= 0.3 is 11.4 Å². The Bertz CT molecular complexity index is 834. The Labute approximate surface area is 107 Å². The molecule has 0 aliphatic rings. The highest BCUT2D eigenvalue weighted by Crippen LogP contribution is 2.09. The Morgan fingerprint density at radius 2 is 1.95 bits per heavy atom. The lowest BCUT2D eigenvalue weighted by molar-refractivity contribution is 0.424. The topological polar surface area (TPSA) is 65.1 Å². The fourth-order valence-electron chi connectivity index (χ4n) is 1.99. The Kier molecular flexibility index (Phi) is 2.72. The minimum atomic E-state index is -0.660. The monoisotopic (exact) mass is 254 g/mol. The maximum atomic E-state index is 11.8. The smallest absolute Gasteiger partial charge is 0.372 e. The molecule has 19 heavy (non-hydrogen) atoms. The van der Waals surface area contributed by atoms with Crippen LogP contribution in [-0.2, 0) is 6.54 Å². The van der Waals surface area contributed by atoms with Crippen molar-refractivity contribution in [1.82, 2.24) is 9.55 Å². The molecule has 2 aromatic heterocycles. The summed E-state index contributed by atoms with van der Waals surface area (Å²) in [6.07, 6.45) is 3.34. The van der Waals surface area contributed by atoms with E-state index in [4.69, 9.17) is 4.42 Å². The normalized spacial score (nSPS) is 10.7. The van der Waals surface area contributed by atoms with Crippen LogP contribution in [0.2, 0.25) is 0 Å². The number of benzene rings is 1. The minimum Gasteiger partial charge on any atom is -0.372 e. The van der Waals surface area contributed by atoms with Gasteiger partial charge in [-0.3, -0.25) is 9.55 Å². The molecule has 0 saturated heterocycles. The molecule has 0 unspecified atom stereocenters. The van der Waals surface area contributed by atoms with E-state index in [1.54, 1.807) is 42.7 Å². The van der Waals surface area contributed by atoms with Crippen LogP contribution < -0.4 is 11.4 Å². The third-order valence-electron chi connectivity index (χ3n) is 2.88. The van der Waals surface area contributed by atoms with Gasteiger partial charge in [0.1, 0.15) is 0 Å². The highest BCUT2D eigenvalue weighted by molar-refractivity contribution is 5.77. The Hall–Kier alpha value is -2.69. The van der Waals surface area contributed by atoms with Crippen LogP contribution in [0.1, 0.15) is 5.56 Å². The molecule has 0 spiro atoms. The summed E-state index contributed by atoms with van der Waals surface area (Å²) >= 11 is 0. The molecule has 0 fully saturated rings. The van der Waals surface area contributed by atoms with Crippen LogP contribution in [0, 0.1) is 0 Å². The summed E-state index contributed by atoms with van der Waals surface area (Å²) in [6.45, 7) is 0.316. The van der Waals surface area contributed by atoms with Gasteiger partial charge in [-0.25, -0.2) is 9.59 Å². The van der Waals surface area contributed by atoms with Gasteiger partial charge in [0.05, 0.1) is 17.4 Å². The van der Waals surface area contributed by atoms with Gasteiger partial charge in [-0.2, -0.15) is 0 Å². The van der Waals surface area contributed by atoms with Crippen molar-refractivity contribution in [3.63, 3.8) is 0 Å². The third-order valence-corrected chi connectivity index (χ3v) is 2.88. The molecule has 0 N–H and O–H groups in total. The highest BCUT2D eigenvalue weighted by Gasteiger charge is 2.08. The van der Waals surface area contributed by atoms with Gasteiger partial charge < -0.3 is 4.42 Å². The largest absolute Gasteiger partial charge is 0.422 e. The summed E-state index contributed by atoms with van der Waals surface area (Å²) in [5.74, 6) is -0.660. The quantitative estimate of drug-likeness (QED) is 0.693. The Morgan fingerprint density at radius 1 is 1.11 bits per heavy atom. The lowest BCUT2D eigenvalue weighted by Crippen LogP contribution is -2.25. The molecule has 5 nitrogen and oxygen atoms in total. The van der Waals surface area contributed by atoms with E-state index in [-0.39, 0.29) is 0 Å². The SMILES string of the molecule is O=c1oc(=O)n(Cc2cccnc2)c2ccccc12. The number of nitrogens with zero attached hydrogens (tertiary/aromatic N) is 2. The van der Waals surface area contributed by atoms with E-state index < -0.39 is 11.4 Å². The van der Waals surface area contributed by atoms with Gasteiger partial charge in [0.2, 0.25) is 0 Å². The molecule has 0 radical (unpaired) electrons. The molecule has 2 heterocycles. The average molecular weight is 254 g/mol. The second-order valence-corrected chi connectivity index (χ2v) is 4.12. The summed E-state index contributed by atoms with van der Waals surface area (Å²) in [7, 11) is 0. The Balaban J connectivity index is 2.24. The van der Waals surface area contributed by atoms with Crippen molar-refractivity contribution in [2.75, 3.05) is 0 Å². The first-order valence-corrected chi connectivity index (χ1v) is 5.77. The number of aromatic nitrogens is 2. The van der Waals surface area contributed by atoms with E-state index in [0.717, 1.165) is 5.56 Å². The van der Waals surface area contributed by atoms with Crippen molar-refractivity contribution >= 4 is 10.9 Å². The lowest BCUT2D eigenvalue weighted by atomic mass is 10.2. The maximum absolute atomic E-state index is 11.8. The van der Waals surface area contributed by atoms with Crippen LogP contribution in [0.5, 0.6) is 0 Å². The molecule has 0 bridgehead atoms. The summed E-state index contributed by atoms with van der Waals surface area (Å²) < 4.78 is 6.15. The van der Waals surface area contributed by atoms with Crippen molar-refractivity contribution < 1.29 is 4.42 Å². The van der Waals surface area contributed by atoms with Gasteiger partial charge in [-0.15, -0.1) is 0 Å². The predicted molar refractivity (Wildman–Crippen MR) is 70.1 cm³/mol. The minimum absolute atomic E-state index is 0.316. The second kappa shape index (κ2) is 4.53. The van der Waals surface area contributed by atoms with Gasteiger partial charge in [-0.05, 0) is 23.8 Å². The molecule has 3 rings (SSSR count). The number of rotatable bonds is 2. The number of para-hydroxylation sites is 1. The summed E-state index contributed by atoms with van der Waals surface area (Å²) in [5, 5.41) is 0.394. The van der Waals surface area contributed by atoms with Crippen molar-refractivity contribution in [2.45, 2.75) is 6.54 Å². The van der Waals surface area contributed by atoms with Gasteiger partial charge in [0.15, 0.2) is 0 Å². The molecular weight excluding hydrogens is 244 g/mol. The predicted octanol–water partition coefficient (Wildman–Crippen LogP) is 1.40. The van der Waals surface area contributed by atoms with E-state index in [1.165, 1.54) is 4.57 Å². The zero-order valence-corrected chi connectivity index (χ0v) is 9.95. The molecule has 5 heteroatoms. The molecule has 1 aromatic carbocycles. The maximum Gasteiger partial charge on any atom is 0.422 e. The molecule has 94 valence electrons. The van der Waals surface area contributed by atoms with Crippen molar-refractivity contribution in [3.05, 3.63) is 75.3 Å². The number of pyridine rings is 1. The lowest BCUT2D eigenvalue weighted by Gasteiger charge is -2.07. The van der Waals surface area contributed by atoms with E-state index >= 15 is 0 Å². The zero-order chi connectivity index (χ0) is 13.2. The van der Waals surface area contributed by atoms with Crippen LogP contribution in [0.25, 0.3) is 10.9 Å². The van der Waals surface area contributed by atoms with Crippen molar-refractivity contribution in [1.29, 1.82) is 0 Å². The first-order chi connectivity index (χ1) is 9.25. The first kappa shape index (κ1) is 11.4. The summed E-state index contributed by atoms with van der Waals surface area (Å²) in [5.41, 5.74) is 0.819. The number of hydrogen-bond donors (Lipinski definition) is 0. The van der Waals surface area contributed by atoms with E-state index in [1.807, 2.05) is 6.07 Å². The van der Waals surface area contributed by atoms with Crippen molar-refractivity contribution in [3.8, 4) is 0 Å². The van der Waals surface area contributed by atoms with Crippen LogP contribution in [0.15, 0.2) is 62.8 Å². The van der Waals surface area contributed by atoms with Crippen LogP contribution in [-0.4, -0.2) is 9.55 Å². The standard InChI is InChI=1S/C14H10N2O3/c17-13-11-5-1-2-6-12(11)16(14(18)19-13)9-10-4-3-7-15-8-10/h1-8H,9H2. The van der Waals surface area contributed by atoms with Gasteiger partial charge in [0.25, 0.3) is 0 Å². The first-order valence-electron chi connectivity index (χ1n) is 5.77. The van der Waals surface area contributed by atoms with Gasteiger partial charge in [-0.1, -0.05) is 18.2 Å². The fourth-order valence-corrected chi connectivity index (χ4v) is 1.99. The third kappa shape index (κ3) is 2.06. The van der Waals surface area contributed by atoms with Crippen LogP contribution in [0.3, 0.4) is 0 Å².